The standard InChI is InChI=1S/C27H25BrN2O3/c1-17-12-18(2)25(19(3)13-17)30-27(31)22(15-29)14-21-6-5-7-24(32-4)26(21)33-16-20-8-10-23(28)11-9-20/h5-14H,16H2,1-4H3,(H,30,31)/b22-14+. The quantitative estimate of drug-likeness (QED) is 0.294. The number of anilines is 1. The van der Waals surface area contributed by atoms with E-state index in [9.17, 15) is 10.1 Å². The van der Waals surface area contributed by atoms with Crippen LogP contribution in [0.1, 0.15) is 27.8 Å². The molecule has 0 bridgehead atoms. The van der Waals surface area contributed by atoms with E-state index in [1.807, 2.05) is 63.2 Å². The summed E-state index contributed by atoms with van der Waals surface area (Å²) in [6.07, 6.45) is 1.52. The van der Waals surface area contributed by atoms with Crippen molar-refractivity contribution in [3.8, 4) is 17.6 Å². The second-order valence-electron chi connectivity index (χ2n) is 7.69. The fourth-order valence-corrected chi connectivity index (χ4v) is 3.82. The summed E-state index contributed by atoms with van der Waals surface area (Å²) in [7, 11) is 1.55. The van der Waals surface area contributed by atoms with Crippen LogP contribution in [-0.4, -0.2) is 13.0 Å². The number of halogens is 1. The molecule has 0 saturated carbocycles. The highest BCUT2D eigenvalue weighted by molar-refractivity contribution is 9.10. The molecule has 0 atom stereocenters. The number of para-hydroxylation sites is 1. The summed E-state index contributed by atoms with van der Waals surface area (Å²) in [4.78, 5) is 12.9. The average molecular weight is 505 g/mol. The number of hydrogen-bond donors (Lipinski definition) is 1. The van der Waals surface area contributed by atoms with Gasteiger partial charge < -0.3 is 14.8 Å². The third-order valence-electron chi connectivity index (χ3n) is 5.11. The lowest BCUT2D eigenvalue weighted by molar-refractivity contribution is -0.112. The van der Waals surface area contributed by atoms with E-state index in [-0.39, 0.29) is 5.57 Å². The van der Waals surface area contributed by atoms with Gasteiger partial charge in [-0.2, -0.15) is 5.26 Å². The molecule has 0 heterocycles. The molecule has 0 fully saturated rings. The lowest BCUT2D eigenvalue weighted by Crippen LogP contribution is -2.15. The maximum Gasteiger partial charge on any atom is 0.266 e. The second kappa shape index (κ2) is 10.8. The van der Waals surface area contributed by atoms with Gasteiger partial charge in [-0.3, -0.25) is 4.79 Å². The first kappa shape index (κ1) is 24.1. The predicted octanol–water partition coefficient (Wildman–Crippen LogP) is 6.51. The summed E-state index contributed by atoms with van der Waals surface area (Å²) >= 11 is 3.42. The number of amides is 1. The molecule has 33 heavy (non-hydrogen) atoms. The van der Waals surface area contributed by atoms with E-state index in [0.717, 1.165) is 26.7 Å². The van der Waals surface area contributed by atoms with Crippen LogP contribution >= 0.6 is 15.9 Å². The van der Waals surface area contributed by atoms with Crippen LogP contribution in [0.4, 0.5) is 5.69 Å². The third kappa shape index (κ3) is 6.03. The Morgan fingerprint density at radius 1 is 1.09 bits per heavy atom. The van der Waals surface area contributed by atoms with E-state index >= 15 is 0 Å². The summed E-state index contributed by atoms with van der Waals surface area (Å²) in [5.41, 5.74) is 5.23. The lowest BCUT2D eigenvalue weighted by Gasteiger charge is -2.15. The fourth-order valence-electron chi connectivity index (χ4n) is 3.56. The van der Waals surface area contributed by atoms with Crippen LogP contribution in [0.2, 0.25) is 0 Å². The van der Waals surface area contributed by atoms with E-state index in [1.165, 1.54) is 6.08 Å². The van der Waals surface area contributed by atoms with Crippen molar-refractivity contribution >= 4 is 33.6 Å². The first-order valence-electron chi connectivity index (χ1n) is 10.4. The molecule has 6 heteroatoms. The number of nitriles is 1. The highest BCUT2D eigenvalue weighted by Crippen LogP contribution is 2.33. The molecule has 3 rings (SSSR count). The number of aryl methyl sites for hydroxylation is 3. The van der Waals surface area contributed by atoms with Crippen molar-refractivity contribution in [1.29, 1.82) is 5.26 Å². The predicted molar refractivity (Wildman–Crippen MR) is 134 cm³/mol. The molecule has 3 aromatic rings. The van der Waals surface area contributed by atoms with Gasteiger partial charge in [0.15, 0.2) is 11.5 Å². The summed E-state index contributed by atoms with van der Waals surface area (Å²) in [5.74, 6) is 0.504. The van der Waals surface area contributed by atoms with Crippen molar-refractivity contribution in [1.82, 2.24) is 0 Å². The van der Waals surface area contributed by atoms with Gasteiger partial charge in [0.05, 0.1) is 7.11 Å². The van der Waals surface area contributed by atoms with Crippen LogP contribution < -0.4 is 14.8 Å². The van der Waals surface area contributed by atoms with Crippen LogP contribution in [0.15, 0.2) is 64.6 Å². The van der Waals surface area contributed by atoms with Gasteiger partial charge in [0, 0.05) is 15.7 Å². The summed E-state index contributed by atoms with van der Waals surface area (Å²) in [6.45, 7) is 6.18. The van der Waals surface area contributed by atoms with Crippen molar-refractivity contribution in [2.24, 2.45) is 0 Å². The second-order valence-corrected chi connectivity index (χ2v) is 8.61. The lowest BCUT2D eigenvalue weighted by atomic mass is 10.0. The zero-order valence-electron chi connectivity index (χ0n) is 19.0. The number of benzene rings is 3. The van der Waals surface area contributed by atoms with E-state index < -0.39 is 5.91 Å². The zero-order chi connectivity index (χ0) is 24.0. The van der Waals surface area contributed by atoms with Crippen LogP contribution in [0.3, 0.4) is 0 Å². The SMILES string of the molecule is COc1cccc(/C=C(\C#N)C(=O)Nc2c(C)cc(C)cc2C)c1OCc1ccc(Br)cc1. The highest BCUT2D eigenvalue weighted by Gasteiger charge is 2.16. The van der Waals surface area contributed by atoms with Gasteiger partial charge in [0.25, 0.3) is 5.91 Å². The maximum absolute atomic E-state index is 12.9. The van der Waals surface area contributed by atoms with Crippen molar-refractivity contribution in [2.75, 3.05) is 12.4 Å². The van der Waals surface area contributed by atoms with E-state index in [2.05, 4.69) is 21.2 Å². The summed E-state index contributed by atoms with van der Waals surface area (Å²) in [6, 6.07) is 19.1. The number of rotatable bonds is 7. The van der Waals surface area contributed by atoms with Gasteiger partial charge in [-0.1, -0.05) is 57.9 Å². The molecule has 0 unspecified atom stereocenters. The van der Waals surface area contributed by atoms with Gasteiger partial charge in [0.1, 0.15) is 18.2 Å². The number of carbonyl (C=O) groups excluding carboxylic acids is 1. The van der Waals surface area contributed by atoms with Gasteiger partial charge in [-0.15, -0.1) is 0 Å². The molecule has 5 nitrogen and oxygen atoms in total. The Balaban J connectivity index is 1.90. The number of nitrogens with zero attached hydrogens (tertiary/aromatic N) is 1. The molecule has 0 spiro atoms. The number of nitrogens with one attached hydrogen (secondary N) is 1. The Kier molecular flexibility index (Phi) is 7.92. The Bertz CT molecular complexity index is 1220. The van der Waals surface area contributed by atoms with Crippen molar-refractivity contribution < 1.29 is 14.3 Å². The summed E-state index contributed by atoms with van der Waals surface area (Å²) < 4.78 is 12.5. The highest BCUT2D eigenvalue weighted by atomic mass is 79.9. The first-order valence-corrected chi connectivity index (χ1v) is 11.2. The van der Waals surface area contributed by atoms with Crippen LogP contribution in [-0.2, 0) is 11.4 Å². The Hall–Kier alpha value is -3.56. The monoisotopic (exact) mass is 504 g/mol. The number of methoxy groups -OCH3 is 1. The molecule has 3 aromatic carbocycles. The Labute approximate surface area is 202 Å². The molecule has 0 aliphatic rings. The van der Waals surface area contributed by atoms with Crippen LogP contribution in [0.5, 0.6) is 11.5 Å². The normalized spacial score (nSPS) is 11.0. The smallest absolute Gasteiger partial charge is 0.266 e. The minimum atomic E-state index is -0.478. The van der Waals surface area contributed by atoms with Crippen LogP contribution in [0.25, 0.3) is 6.08 Å². The minimum absolute atomic E-state index is 0.0314. The van der Waals surface area contributed by atoms with E-state index in [1.54, 1.807) is 25.3 Å². The molecule has 0 radical (unpaired) electrons. The number of hydrogen-bond acceptors (Lipinski definition) is 4. The first-order chi connectivity index (χ1) is 15.8. The number of carbonyl (C=O) groups is 1. The van der Waals surface area contributed by atoms with E-state index in [0.29, 0.717) is 29.4 Å². The Morgan fingerprint density at radius 3 is 2.36 bits per heavy atom. The molecule has 0 aliphatic heterocycles. The molecule has 0 aromatic heterocycles. The fraction of sp³-hybridized carbons (Fsp3) is 0.185. The topological polar surface area (TPSA) is 71.3 Å². The third-order valence-corrected chi connectivity index (χ3v) is 5.63. The van der Waals surface area contributed by atoms with Gasteiger partial charge in [-0.05, 0) is 61.7 Å². The number of ether oxygens (including phenoxy) is 2. The molecule has 0 saturated heterocycles. The Morgan fingerprint density at radius 2 is 1.76 bits per heavy atom. The molecular formula is C27H25BrN2O3. The average Bonchev–Trinajstić information content (AvgIpc) is 2.79. The molecule has 1 N–H and O–H groups in total. The molecule has 0 aliphatic carbocycles. The van der Waals surface area contributed by atoms with Gasteiger partial charge >= 0.3 is 0 Å². The van der Waals surface area contributed by atoms with Gasteiger partial charge in [0.2, 0.25) is 0 Å². The van der Waals surface area contributed by atoms with Crippen LogP contribution in [0, 0.1) is 32.1 Å². The minimum Gasteiger partial charge on any atom is -0.493 e. The van der Waals surface area contributed by atoms with Crippen molar-refractivity contribution in [3.63, 3.8) is 0 Å². The molecular weight excluding hydrogens is 480 g/mol. The van der Waals surface area contributed by atoms with Crippen molar-refractivity contribution in [3.05, 3.63) is 92.5 Å². The largest absolute Gasteiger partial charge is 0.493 e. The van der Waals surface area contributed by atoms with E-state index in [4.69, 9.17) is 9.47 Å². The van der Waals surface area contributed by atoms with Crippen molar-refractivity contribution in [2.45, 2.75) is 27.4 Å². The maximum atomic E-state index is 12.9. The molecule has 1 amide bonds. The van der Waals surface area contributed by atoms with Gasteiger partial charge in [-0.25, -0.2) is 0 Å². The summed E-state index contributed by atoms with van der Waals surface area (Å²) in [5, 5.41) is 12.6. The zero-order valence-corrected chi connectivity index (χ0v) is 20.6. The molecule has 168 valence electrons.